The first kappa shape index (κ1) is 25.3. The Morgan fingerprint density at radius 2 is 1.94 bits per heavy atom. The van der Waals surface area contributed by atoms with Crippen LogP contribution in [-0.2, 0) is 24.0 Å². The van der Waals surface area contributed by atoms with Crippen molar-refractivity contribution in [3.63, 3.8) is 0 Å². The number of thiocarbonyl (C=S) groups is 1. The Labute approximate surface area is 222 Å². The third-order valence-corrected chi connectivity index (χ3v) is 7.44. The van der Waals surface area contributed by atoms with E-state index in [1.54, 1.807) is 19.1 Å². The molecule has 3 aromatic rings. The van der Waals surface area contributed by atoms with E-state index in [0.717, 1.165) is 46.2 Å². The number of carbonyl (C=O) groups is 2. The molecule has 1 heterocycles. The van der Waals surface area contributed by atoms with Crippen LogP contribution in [0.5, 0.6) is 5.75 Å². The fourth-order valence-corrected chi connectivity index (χ4v) is 5.85. The second-order valence-corrected chi connectivity index (χ2v) is 10.3. The quantitative estimate of drug-likeness (QED) is 0.257. The number of ether oxygens (including phenoxy) is 2. The summed E-state index contributed by atoms with van der Waals surface area (Å²) < 4.78 is 11.9. The van der Waals surface area contributed by atoms with Crippen molar-refractivity contribution in [3.8, 4) is 5.75 Å². The molecule has 35 heavy (non-hydrogen) atoms. The van der Waals surface area contributed by atoms with E-state index in [-0.39, 0.29) is 11.1 Å². The monoisotopic (exact) mass is 572 g/mol. The zero-order valence-corrected chi connectivity index (χ0v) is 22.4. The summed E-state index contributed by atoms with van der Waals surface area (Å²) in [7, 11) is 0. The number of hydrogen-bond donors (Lipinski definition) is 2. The molecule has 1 amide bonds. The van der Waals surface area contributed by atoms with Gasteiger partial charge in [-0.3, -0.25) is 10.1 Å². The van der Waals surface area contributed by atoms with Crippen LogP contribution in [0.25, 0.3) is 0 Å². The molecule has 0 radical (unpaired) electrons. The maximum Gasteiger partial charge on any atom is 0.341 e. The zero-order chi connectivity index (χ0) is 24.8. The van der Waals surface area contributed by atoms with E-state index in [9.17, 15) is 9.59 Å². The third kappa shape index (κ3) is 6.28. The van der Waals surface area contributed by atoms with Gasteiger partial charge in [0, 0.05) is 15.8 Å². The van der Waals surface area contributed by atoms with Gasteiger partial charge in [-0.2, -0.15) is 0 Å². The van der Waals surface area contributed by atoms with E-state index < -0.39 is 5.91 Å². The Morgan fingerprint density at radius 3 is 2.71 bits per heavy atom. The van der Waals surface area contributed by atoms with E-state index >= 15 is 0 Å². The minimum Gasteiger partial charge on any atom is -0.492 e. The van der Waals surface area contributed by atoms with Gasteiger partial charge in [0.05, 0.1) is 24.3 Å². The molecule has 0 saturated heterocycles. The predicted octanol–water partition coefficient (Wildman–Crippen LogP) is 5.92. The largest absolute Gasteiger partial charge is 0.492 e. The lowest BCUT2D eigenvalue weighted by Crippen LogP contribution is -2.34. The van der Waals surface area contributed by atoms with Gasteiger partial charge in [-0.25, -0.2) is 4.79 Å². The Hall–Kier alpha value is -2.75. The fraction of sp³-hybridized carbons (Fsp3) is 0.269. The SMILES string of the molecule is CCOC(=O)c1c(NC(=S)NC(=O)c2cc(Br)ccc2OCCc2ccccc2)sc2c1CCC2. The van der Waals surface area contributed by atoms with Crippen LogP contribution in [-0.4, -0.2) is 30.2 Å². The van der Waals surface area contributed by atoms with Crippen molar-refractivity contribution in [1.29, 1.82) is 0 Å². The average Bonchev–Trinajstić information content (AvgIpc) is 3.41. The van der Waals surface area contributed by atoms with Gasteiger partial charge in [0.2, 0.25) is 0 Å². The zero-order valence-electron chi connectivity index (χ0n) is 19.2. The Morgan fingerprint density at radius 1 is 1.14 bits per heavy atom. The first-order chi connectivity index (χ1) is 17.0. The van der Waals surface area contributed by atoms with Crippen molar-refractivity contribution in [2.24, 2.45) is 0 Å². The predicted molar refractivity (Wildman–Crippen MR) is 146 cm³/mol. The van der Waals surface area contributed by atoms with Crippen molar-refractivity contribution in [2.45, 2.75) is 32.6 Å². The lowest BCUT2D eigenvalue weighted by molar-refractivity contribution is 0.0527. The van der Waals surface area contributed by atoms with Gasteiger partial charge in [0.25, 0.3) is 5.91 Å². The molecule has 2 aromatic carbocycles. The van der Waals surface area contributed by atoms with Crippen molar-refractivity contribution in [2.75, 3.05) is 18.5 Å². The summed E-state index contributed by atoms with van der Waals surface area (Å²) >= 11 is 10.3. The topological polar surface area (TPSA) is 76.7 Å². The molecule has 0 saturated carbocycles. The number of thiophene rings is 1. The average molecular weight is 574 g/mol. The standard InChI is InChI=1S/C26H25BrN2O4S2/c1-2-32-25(31)22-18-9-6-10-21(18)35-24(22)29-26(34)28-23(30)19-15-17(27)11-12-20(19)33-14-13-16-7-4-3-5-8-16/h3-5,7-8,11-12,15H,2,6,9-10,13-14H2,1H3,(H2,28,29,30,34). The number of esters is 1. The van der Waals surface area contributed by atoms with Crippen LogP contribution in [0.1, 0.15) is 50.1 Å². The van der Waals surface area contributed by atoms with Crippen LogP contribution < -0.4 is 15.4 Å². The van der Waals surface area contributed by atoms with Gasteiger partial charge in [0.1, 0.15) is 10.8 Å². The summed E-state index contributed by atoms with van der Waals surface area (Å²) in [5.74, 6) is -0.309. The van der Waals surface area contributed by atoms with E-state index in [0.29, 0.717) is 35.1 Å². The Kier molecular flexibility index (Phi) is 8.54. The minimum absolute atomic E-state index is 0.107. The summed E-state index contributed by atoms with van der Waals surface area (Å²) in [6.07, 6.45) is 3.50. The smallest absolute Gasteiger partial charge is 0.341 e. The summed E-state index contributed by atoms with van der Waals surface area (Å²) in [5.41, 5.74) is 3.05. The number of rotatable bonds is 8. The molecular weight excluding hydrogens is 548 g/mol. The van der Waals surface area contributed by atoms with Gasteiger partial charge in [-0.1, -0.05) is 46.3 Å². The van der Waals surface area contributed by atoms with E-state index in [1.165, 1.54) is 11.3 Å². The molecular formula is C26H25BrN2O4S2. The van der Waals surface area contributed by atoms with E-state index in [1.807, 2.05) is 36.4 Å². The first-order valence-electron chi connectivity index (χ1n) is 11.4. The molecule has 1 aliphatic rings. The molecule has 1 aliphatic carbocycles. The summed E-state index contributed by atoms with van der Waals surface area (Å²) in [5, 5.41) is 6.47. The highest BCUT2D eigenvalue weighted by Crippen LogP contribution is 2.39. The fourth-order valence-electron chi connectivity index (χ4n) is 3.95. The molecule has 182 valence electrons. The van der Waals surface area contributed by atoms with Crippen LogP contribution in [0.3, 0.4) is 0 Å². The van der Waals surface area contributed by atoms with Crippen LogP contribution in [0.15, 0.2) is 53.0 Å². The molecule has 0 aliphatic heterocycles. The maximum absolute atomic E-state index is 13.1. The van der Waals surface area contributed by atoms with Crippen molar-refractivity contribution < 1.29 is 19.1 Å². The molecule has 0 spiro atoms. The van der Waals surface area contributed by atoms with Gasteiger partial charge in [-0.05, 0) is 67.7 Å². The van der Waals surface area contributed by atoms with E-state index in [4.69, 9.17) is 21.7 Å². The Bertz CT molecular complexity index is 1240. The lowest BCUT2D eigenvalue weighted by Gasteiger charge is -2.14. The summed E-state index contributed by atoms with van der Waals surface area (Å²) in [6, 6.07) is 15.3. The third-order valence-electron chi connectivity index (χ3n) is 5.53. The lowest BCUT2D eigenvalue weighted by atomic mass is 10.1. The molecule has 2 N–H and O–H groups in total. The molecule has 9 heteroatoms. The molecule has 4 rings (SSSR count). The highest BCUT2D eigenvalue weighted by molar-refractivity contribution is 9.10. The number of fused-ring (bicyclic) bond motifs is 1. The molecule has 6 nitrogen and oxygen atoms in total. The molecule has 0 fully saturated rings. The summed E-state index contributed by atoms with van der Waals surface area (Å²) in [6.45, 7) is 2.50. The molecule has 0 unspecified atom stereocenters. The number of aryl methyl sites for hydroxylation is 1. The normalized spacial score (nSPS) is 12.1. The number of halogens is 1. The number of carbonyl (C=O) groups excluding carboxylic acids is 2. The molecule has 0 bridgehead atoms. The first-order valence-corrected chi connectivity index (χ1v) is 13.4. The number of benzene rings is 2. The van der Waals surface area contributed by atoms with Crippen molar-refractivity contribution in [3.05, 3.63) is 80.1 Å². The van der Waals surface area contributed by atoms with Crippen molar-refractivity contribution >= 4 is 61.5 Å². The van der Waals surface area contributed by atoms with Gasteiger partial charge in [-0.15, -0.1) is 11.3 Å². The van der Waals surface area contributed by atoms with E-state index in [2.05, 4.69) is 26.6 Å². The number of nitrogens with one attached hydrogen (secondary N) is 2. The van der Waals surface area contributed by atoms with Gasteiger partial charge in [0.15, 0.2) is 5.11 Å². The second-order valence-electron chi connectivity index (χ2n) is 7.91. The number of hydrogen-bond acceptors (Lipinski definition) is 6. The second kappa shape index (κ2) is 11.8. The summed E-state index contributed by atoms with van der Waals surface area (Å²) in [4.78, 5) is 26.8. The maximum atomic E-state index is 13.1. The van der Waals surface area contributed by atoms with Crippen LogP contribution >= 0.6 is 39.5 Å². The van der Waals surface area contributed by atoms with Gasteiger partial charge >= 0.3 is 5.97 Å². The molecule has 0 atom stereocenters. The Balaban J connectivity index is 1.44. The van der Waals surface area contributed by atoms with Crippen LogP contribution in [0.2, 0.25) is 0 Å². The highest BCUT2D eigenvalue weighted by atomic mass is 79.9. The minimum atomic E-state index is -0.403. The van der Waals surface area contributed by atoms with Gasteiger partial charge < -0.3 is 14.8 Å². The van der Waals surface area contributed by atoms with Crippen molar-refractivity contribution in [1.82, 2.24) is 5.32 Å². The van der Waals surface area contributed by atoms with Crippen LogP contribution in [0, 0.1) is 0 Å². The number of anilines is 1. The highest BCUT2D eigenvalue weighted by Gasteiger charge is 2.28. The van der Waals surface area contributed by atoms with Crippen LogP contribution in [0.4, 0.5) is 5.00 Å². The molecule has 1 aromatic heterocycles. The number of amides is 1.